The number of thiazole rings is 1. The third-order valence-corrected chi connectivity index (χ3v) is 2.20. The van der Waals surface area contributed by atoms with Gasteiger partial charge in [-0.3, -0.25) is 4.79 Å². The van der Waals surface area contributed by atoms with E-state index in [1.807, 2.05) is 0 Å². The van der Waals surface area contributed by atoms with Crippen molar-refractivity contribution < 1.29 is 20.2 Å². The van der Waals surface area contributed by atoms with Gasteiger partial charge in [0.1, 0.15) is 5.69 Å². The highest BCUT2D eigenvalue weighted by Gasteiger charge is 2.18. The Morgan fingerprint density at radius 3 is 2.81 bits per heavy atom. The van der Waals surface area contributed by atoms with Crippen molar-refractivity contribution in [3.05, 3.63) is 11.1 Å². The molecule has 0 fully saturated rings. The fraction of sp³-hybridized carbons (Fsp3) is 0.286. The van der Waals surface area contributed by atoms with E-state index in [1.165, 1.54) is 5.38 Å². The van der Waals surface area contributed by atoms with Crippen molar-refractivity contribution in [1.29, 1.82) is 0 Å². The minimum Gasteiger partial charge on any atom is -0.410 e. The lowest BCUT2D eigenvalue weighted by Gasteiger charge is -2.05. The topological polar surface area (TPSA) is 141 Å². The average Bonchev–Trinajstić information content (AvgIpc) is 2.63. The van der Waals surface area contributed by atoms with Crippen LogP contribution in [0.25, 0.3) is 0 Å². The van der Waals surface area contributed by atoms with Gasteiger partial charge in [0.15, 0.2) is 17.1 Å². The quantitative estimate of drug-likeness (QED) is 0.186. The van der Waals surface area contributed by atoms with Gasteiger partial charge in [0.2, 0.25) is 0 Å². The highest BCUT2D eigenvalue weighted by atomic mass is 32.1. The van der Waals surface area contributed by atoms with E-state index in [1.54, 1.807) is 0 Å². The van der Waals surface area contributed by atoms with Gasteiger partial charge in [0, 0.05) is 5.38 Å². The number of rotatable bonds is 4. The van der Waals surface area contributed by atoms with Crippen molar-refractivity contribution in [2.75, 3.05) is 12.3 Å². The minimum absolute atomic E-state index is 0.120. The first kappa shape index (κ1) is 12.4. The van der Waals surface area contributed by atoms with E-state index < -0.39 is 12.2 Å². The van der Waals surface area contributed by atoms with Crippen LogP contribution in [0.3, 0.4) is 0 Å². The first-order chi connectivity index (χ1) is 7.54. The number of aliphatic hydroxyl groups excluding tert-OH is 1. The highest BCUT2D eigenvalue weighted by molar-refractivity contribution is 7.13. The Balaban J connectivity index is 2.72. The van der Waals surface area contributed by atoms with E-state index in [9.17, 15) is 4.79 Å². The lowest BCUT2D eigenvalue weighted by Crippen LogP contribution is -2.37. The van der Waals surface area contributed by atoms with E-state index in [-0.39, 0.29) is 23.1 Å². The van der Waals surface area contributed by atoms with E-state index in [0.717, 1.165) is 11.3 Å². The Morgan fingerprint density at radius 1 is 1.69 bits per heavy atom. The summed E-state index contributed by atoms with van der Waals surface area (Å²) >= 11 is 1.09. The number of nitrogens with two attached hydrogens (primary N) is 1. The maximum absolute atomic E-state index is 11.4. The van der Waals surface area contributed by atoms with Gasteiger partial charge in [0.05, 0.1) is 6.54 Å². The maximum Gasteiger partial charge on any atom is 0.275 e. The third kappa shape index (κ3) is 3.15. The summed E-state index contributed by atoms with van der Waals surface area (Å²) in [5.41, 5.74) is 5.13. The molecule has 0 aliphatic rings. The second-order valence-electron chi connectivity index (χ2n) is 2.71. The van der Waals surface area contributed by atoms with Crippen LogP contribution in [0.4, 0.5) is 5.13 Å². The summed E-state index contributed by atoms with van der Waals surface area (Å²) in [6, 6.07) is 0. The molecule has 0 aliphatic heterocycles. The van der Waals surface area contributed by atoms with Crippen molar-refractivity contribution in [1.82, 2.24) is 10.3 Å². The summed E-state index contributed by atoms with van der Waals surface area (Å²) in [6.45, 7) is -0.378. The lowest BCUT2D eigenvalue weighted by molar-refractivity contribution is -0.117. The van der Waals surface area contributed by atoms with Crippen LogP contribution in [0.1, 0.15) is 5.69 Å². The number of nitrogens with zero attached hydrogens (tertiary/aromatic N) is 2. The van der Waals surface area contributed by atoms with Crippen LogP contribution >= 0.6 is 11.3 Å². The largest absolute Gasteiger partial charge is 0.410 e. The zero-order valence-corrected chi connectivity index (χ0v) is 8.81. The van der Waals surface area contributed by atoms with Crippen LogP contribution in [0.5, 0.6) is 0 Å². The molecule has 0 spiro atoms. The van der Waals surface area contributed by atoms with E-state index in [4.69, 9.17) is 21.2 Å². The molecule has 0 saturated carbocycles. The monoisotopic (exact) mass is 246 g/mol. The molecule has 1 aromatic heterocycles. The van der Waals surface area contributed by atoms with E-state index in [2.05, 4.69) is 15.5 Å². The molecule has 88 valence electrons. The van der Waals surface area contributed by atoms with Crippen molar-refractivity contribution in [2.24, 2.45) is 5.16 Å². The van der Waals surface area contributed by atoms with Gasteiger partial charge < -0.3 is 26.5 Å². The first-order valence-electron chi connectivity index (χ1n) is 4.12. The average molecular weight is 246 g/mol. The fourth-order valence-electron chi connectivity index (χ4n) is 0.877. The molecule has 0 unspecified atom stereocenters. The summed E-state index contributed by atoms with van der Waals surface area (Å²) in [4.78, 5) is 15.1. The second kappa shape index (κ2) is 5.39. The van der Waals surface area contributed by atoms with Gasteiger partial charge in [-0.1, -0.05) is 5.16 Å². The standard InChI is InChI=1S/C7H10N4O4S/c8-7-10-3(2-16-7)5(11-15)6(14)9-1-4(12)13/h2,4,12-13,15H,1H2,(H2,8,10)(H,9,14)/b11-5-. The van der Waals surface area contributed by atoms with Gasteiger partial charge in [0.25, 0.3) is 5.91 Å². The van der Waals surface area contributed by atoms with Gasteiger partial charge >= 0.3 is 0 Å². The molecule has 0 bridgehead atoms. The summed E-state index contributed by atoms with van der Waals surface area (Å²) in [5.74, 6) is -0.777. The molecule has 1 amide bonds. The van der Waals surface area contributed by atoms with Crippen molar-refractivity contribution in [2.45, 2.75) is 6.29 Å². The number of carbonyl (C=O) groups is 1. The zero-order valence-electron chi connectivity index (χ0n) is 7.99. The Labute approximate surface area is 94.0 Å². The molecule has 0 saturated heterocycles. The van der Waals surface area contributed by atoms with Crippen LogP contribution in [0.15, 0.2) is 10.5 Å². The SMILES string of the molecule is Nc1nc(/C(=N/O)C(=O)NCC(O)O)cs1. The number of anilines is 1. The normalized spacial score (nSPS) is 11.8. The second-order valence-corrected chi connectivity index (χ2v) is 3.60. The molecular weight excluding hydrogens is 236 g/mol. The molecule has 1 aromatic rings. The molecule has 1 rings (SSSR count). The molecule has 0 aliphatic carbocycles. The van der Waals surface area contributed by atoms with Crippen molar-refractivity contribution in [3.63, 3.8) is 0 Å². The smallest absolute Gasteiger partial charge is 0.275 e. The van der Waals surface area contributed by atoms with Crippen LogP contribution in [0, 0.1) is 0 Å². The molecule has 0 radical (unpaired) electrons. The molecule has 6 N–H and O–H groups in total. The van der Waals surface area contributed by atoms with Crippen LogP contribution in [-0.2, 0) is 4.79 Å². The minimum atomic E-state index is -1.68. The molecule has 16 heavy (non-hydrogen) atoms. The Bertz CT molecular complexity index is 403. The third-order valence-electron chi connectivity index (χ3n) is 1.52. The molecule has 0 atom stereocenters. The maximum atomic E-state index is 11.4. The van der Waals surface area contributed by atoms with Gasteiger partial charge in [-0.2, -0.15) is 0 Å². The number of nitrogens with one attached hydrogen (secondary N) is 1. The molecule has 8 nitrogen and oxygen atoms in total. The van der Waals surface area contributed by atoms with Gasteiger partial charge in [-0.25, -0.2) is 4.98 Å². The number of carbonyl (C=O) groups excluding carboxylic acids is 1. The number of oxime groups is 1. The van der Waals surface area contributed by atoms with Gasteiger partial charge in [-0.05, 0) is 0 Å². The summed E-state index contributed by atoms with van der Waals surface area (Å²) in [6.07, 6.45) is -1.68. The molecule has 0 aromatic carbocycles. The Hall–Kier alpha value is -1.71. The Kier molecular flexibility index (Phi) is 4.17. The van der Waals surface area contributed by atoms with Crippen LogP contribution < -0.4 is 11.1 Å². The van der Waals surface area contributed by atoms with Crippen molar-refractivity contribution in [3.8, 4) is 0 Å². The molecule has 1 heterocycles. The first-order valence-corrected chi connectivity index (χ1v) is 5.00. The number of hydrogen-bond donors (Lipinski definition) is 5. The zero-order chi connectivity index (χ0) is 12.1. The van der Waals surface area contributed by atoms with Gasteiger partial charge in [-0.15, -0.1) is 11.3 Å². The number of hydrogen-bond acceptors (Lipinski definition) is 8. The number of aliphatic hydroxyl groups is 2. The summed E-state index contributed by atoms with van der Waals surface area (Å²) in [7, 11) is 0. The Morgan fingerprint density at radius 2 is 2.38 bits per heavy atom. The predicted molar refractivity (Wildman–Crippen MR) is 56.1 cm³/mol. The number of nitrogen functional groups attached to an aromatic ring is 1. The number of amides is 1. The predicted octanol–water partition coefficient (Wildman–Crippen LogP) is -1.67. The highest BCUT2D eigenvalue weighted by Crippen LogP contribution is 2.11. The van der Waals surface area contributed by atoms with Crippen molar-refractivity contribution >= 4 is 28.1 Å². The van der Waals surface area contributed by atoms with E-state index in [0.29, 0.717) is 0 Å². The summed E-state index contributed by atoms with van der Waals surface area (Å²) < 4.78 is 0. The van der Waals surface area contributed by atoms with Crippen LogP contribution in [-0.4, -0.2) is 44.9 Å². The van der Waals surface area contributed by atoms with E-state index >= 15 is 0 Å². The lowest BCUT2D eigenvalue weighted by atomic mass is 10.3. The fourth-order valence-corrected chi connectivity index (χ4v) is 1.42. The summed E-state index contributed by atoms with van der Waals surface area (Å²) in [5, 5.41) is 32.3. The molecular formula is C7H10N4O4S. The molecule has 9 heteroatoms. The number of aromatic nitrogens is 1. The van der Waals surface area contributed by atoms with Crippen LogP contribution in [0.2, 0.25) is 0 Å².